The van der Waals surface area contributed by atoms with E-state index in [-0.39, 0.29) is 16.5 Å². The summed E-state index contributed by atoms with van der Waals surface area (Å²) in [5, 5.41) is 0. The molecular weight excluding hydrogens is 283 g/mol. The van der Waals surface area contributed by atoms with Gasteiger partial charge in [0, 0.05) is 42.7 Å². The molecule has 0 spiro atoms. The largest absolute Gasteiger partial charge is 0.305 e. The number of hydrogen-bond donors (Lipinski definition) is 0. The molecule has 1 fully saturated rings. The molecule has 0 aromatic heterocycles. The van der Waals surface area contributed by atoms with Gasteiger partial charge in [-0.15, -0.1) is 0 Å². The zero-order valence-corrected chi connectivity index (χ0v) is 14.2. The summed E-state index contributed by atoms with van der Waals surface area (Å²) in [6.45, 7) is 9.63. The fourth-order valence-electron chi connectivity index (χ4n) is 2.35. The van der Waals surface area contributed by atoms with Gasteiger partial charge in [-0.1, -0.05) is 0 Å². The van der Waals surface area contributed by atoms with E-state index in [1.807, 2.05) is 0 Å². The predicted octanol–water partition coefficient (Wildman–Crippen LogP) is 0.505. The Morgan fingerprint density at radius 2 is 0.632 bits per heavy atom. The quantitative estimate of drug-likeness (QED) is 0.604. The zero-order valence-electron chi connectivity index (χ0n) is 13.2. The molecule has 1 aliphatic heterocycles. The van der Waals surface area contributed by atoms with E-state index >= 15 is 0 Å². The topological polar surface area (TPSA) is 13.0 Å². The van der Waals surface area contributed by atoms with Gasteiger partial charge in [0.05, 0.1) is 0 Å². The van der Waals surface area contributed by atoms with Crippen LogP contribution in [-0.2, 0) is 16.5 Å². The number of rotatable bonds is 0. The van der Waals surface area contributed by atoms with Crippen LogP contribution in [0.3, 0.4) is 0 Å². The SMILES string of the molecule is CN1CCCN(C)CCN(C)CCCN(C)CC1.[Ni]. The fourth-order valence-corrected chi connectivity index (χ4v) is 2.35. The Morgan fingerprint density at radius 1 is 0.421 bits per heavy atom. The van der Waals surface area contributed by atoms with Gasteiger partial charge in [-0.25, -0.2) is 0 Å². The van der Waals surface area contributed by atoms with Gasteiger partial charge in [-0.3, -0.25) is 0 Å². The summed E-state index contributed by atoms with van der Waals surface area (Å²) in [6, 6.07) is 0. The van der Waals surface area contributed by atoms with E-state index < -0.39 is 0 Å². The maximum Gasteiger partial charge on any atom is 0.0106 e. The van der Waals surface area contributed by atoms with Gasteiger partial charge >= 0.3 is 0 Å². The maximum atomic E-state index is 2.46. The molecule has 0 radical (unpaired) electrons. The molecule has 0 saturated carbocycles. The molecule has 4 nitrogen and oxygen atoms in total. The third-order valence-electron chi connectivity index (χ3n) is 3.89. The van der Waals surface area contributed by atoms with E-state index in [1.165, 1.54) is 65.2 Å². The molecule has 0 aliphatic carbocycles. The smallest absolute Gasteiger partial charge is 0.0106 e. The van der Waals surface area contributed by atoms with Crippen LogP contribution in [0.5, 0.6) is 0 Å². The fraction of sp³-hybridized carbons (Fsp3) is 1.00. The first-order chi connectivity index (χ1) is 8.58. The van der Waals surface area contributed by atoms with Crippen LogP contribution in [0.1, 0.15) is 12.8 Å². The molecule has 0 atom stereocenters. The Bertz CT molecular complexity index is 174. The first kappa shape index (κ1) is 19.3. The standard InChI is InChI=1S/C14H32N4.Ni/c1-15-7-5-8-17(3)13-14-18(4)10-6-9-16(2)12-11-15;/h5-14H2,1-4H3;. The molecule has 1 rings (SSSR count). The summed E-state index contributed by atoms with van der Waals surface area (Å²) >= 11 is 0. The van der Waals surface area contributed by atoms with Crippen molar-refractivity contribution in [1.29, 1.82) is 0 Å². The molecule has 1 saturated heterocycles. The second-order valence-corrected chi connectivity index (χ2v) is 5.92. The number of nitrogens with zero attached hydrogens (tertiary/aromatic N) is 4. The molecule has 118 valence electrons. The monoisotopic (exact) mass is 314 g/mol. The van der Waals surface area contributed by atoms with Gasteiger partial charge in [0.1, 0.15) is 0 Å². The summed E-state index contributed by atoms with van der Waals surface area (Å²) in [4.78, 5) is 9.84. The van der Waals surface area contributed by atoms with E-state index in [2.05, 4.69) is 47.8 Å². The van der Waals surface area contributed by atoms with E-state index in [4.69, 9.17) is 0 Å². The van der Waals surface area contributed by atoms with Crippen molar-refractivity contribution in [2.45, 2.75) is 12.8 Å². The van der Waals surface area contributed by atoms with Crippen molar-refractivity contribution in [2.75, 3.05) is 80.5 Å². The molecule has 5 heteroatoms. The summed E-state index contributed by atoms with van der Waals surface area (Å²) < 4.78 is 0. The normalized spacial score (nSPS) is 24.6. The minimum absolute atomic E-state index is 0. The Balaban J connectivity index is 0.00000324. The predicted molar refractivity (Wildman–Crippen MR) is 79.2 cm³/mol. The number of likely N-dealkylation sites (N-methyl/N-ethyl adjacent to an activating group) is 4. The van der Waals surface area contributed by atoms with Gasteiger partial charge in [0.25, 0.3) is 0 Å². The third kappa shape index (κ3) is 9.81. The van der Waals surface area contributed by atoms with Crippen molar-refractivity contribution in [1.82, 2.24) is 19.6 Å². The van der Waals surface area contributed by atoms with Crippen LogP contribution in [0.25, 0.3) is 0 Å². The first-order valence-corrected chi connectivity index (χ1v) is 7.32. The van der Waals surface area contributed by atoms with Crippen molar-refractivity contribution < 1.29 is 16.5 Å². The van der Waals surface area contributed by atoms with Crippen molar-refractivity contribution >= 4 is 0 Å². The van der Waals surface area contributed by atoms with Crippen LogP contribution in [0.4, 0.5) is 0 Å². The van der Waals surface area contributed by atoms with Crippen LogP contribution in [0, 0.1) is 0 Å². The van der Waals surface area contributed by atoms with Crippen molar-refractivity contribution in [3.63, 3.8) is 0 Å². The Labute approximate surface area is 130 Å². The van der Waals surface area contributed by atoms with Crippen LogP contribution in [0.15, 0.2) is 0 Å². The summed E-state index contributed by atoms with van der Waals surface area (Å²) in [7, 11) is 8.97. The van der Waals surface area contributed by atoms with Crippen LogP contribution in [-0.4, -0.2) is 100 Å². The summed E-state index contributed by atoms with van der Waals surface area (Å²) in [6.07, 6.45) is 2.56. The second-order valence-electron chi connectivity index (χ2n) is 5.92. The molecule has 0 N–H and O–H groups in total. The van der Waals surface area contributed by atoms with Gasteiger partial charge in [-0.2, -0.15) is 0 Å². The average molecular weight is 315 g/mol. The van der Waals surface area contributed by atoms with Gasteiger partial charge in [-0.05, 0) is 67.2 Å². The molecule has 0 amide bonds. The van der Waals surface area contributed by atoms with Gasteiger partial charge in [0.2, 0.25) is 0 Å². The van der Waals surface area contributed by atoms with Gasteiger partial charge < -0.3 is 19.6 Å². The average Bonchev–Trinajstić information content (AvgIpc) is 2.33. The summed E-state index contributed by atoms with van der Waals surface area (Å²) in [5.41, 5.74) is 0. The van der Waals surface area contributed by atoms with Crippen molar-refractivity contribution in [2.24, 2.45) is 0 Å². The second kappa shape index (κ2) is 11.0. The molecule has 1 aliphatic rings. The minimum Gasteiger partial charge on any atom is -0.305 e. The Hall–Kier alpha value is 0.334. The Kier molecular flexibility index (Phi) is 11.2. The maximum absolute atomic E-state index is 2.46. The van der Waals surface area contributed by atoms with Crippen molar-refractivity contribution in [3.05, 3.63) is 0 Å². The molecule has 0 aromatic carbocycles. The van der Waals surface area contributed by atoms with E-state index in [9.17, 15) is 0 Å². The van der Waals surface area contributed by atoms with Crippen LogP contribution >= 0.6 is 0 Å². The first-order valence-electron chi connectivity index (χ1n) is 7.32. The van der Waals surface area contributed by atoms with E-state index in [0.717, 1.165) is 0 Å². The molecule has 0 bridgehead atoms. The van der Waals surface area contributed by atoms with Crippen LogP contribution in [0.2, 0.25) is 0 Å². The molecule has 0 aromatic rings. The van der Waals surface area contributed by atoms with E-state index in [0.29, 0.717) is 0 Å². The zero-order chi connectivity index (χ0) is 13.4. The van der Waals surface area contributed by atoms with E-state index in [1.54, 1.807) is 0 Å². The summed E-state index contributed by atoms with van der Waals surface area (Å²) in [5.74, 6) is 0. The molecule has 19 heavy (non-hydrogen) atoms. The minimum atomic E-state index is 0. The van der Waals surface area contributed by atoms with Crippen molar-refractivity contribution in [3.8, 4) is 0 Å². The Morgan fingerprint density at radius 3 is 0.842 bits per heavy atom. The third-order valence-corrected chi connectivity index (χ3v) is 3.89. The molecule has 1 heterocycles. The number of hydrogen-bond acceptors (Lipinski definition) is 4. The molecular formula is C14H32N4Ni. The van der Waals surface area contributed by atoms with Gasteiger partial charge in [0.15, 0.2) is 0 Å². The van der Waals surface area contributed by atoms with Crippen LogP contribution < -0.4 is 0 Å². The molecule has 0 unspecified atom stereocenters.